The summed E-state index contributed by atoms with van der Waals surface area (Å²) < 4.78 is 9.86. The Morgan fingerprint density at radius 2 is 2.20 bits per heavy atom. The SMILES string of the molecule is Cc1nc(-c2c(N)nsc2N(C)CCOC(C)C)cs1. The van der Waals surface area contributed by atoms with E-state index in [4.69, 9.17) is 10.5 Å². The van der Waals surface area contributed by atoms with E-state index < -0.39 is 0 Å². The predicted octanol–water partition coefficient (Wildman–Crippen LogP) is 3.02. The number of ether oxygens (including phenoxy) is 1. The van der Waals surface area contributed by atoms with Crippen LogP contribution in [0.4, 0.5) is 10.8 Å². The van der Waals surface area contributed by atoms with Gasteiger partial charge in [-0.15, -0.1) is 11.3 Å². The smallest absolute Gasteiger partial charge is 0.148 e. The van der Waals surface area contributed by atoms with Crippen LogP contribution in [0.15, 0.2) is 5.38 Å². The van der Waals surface area contributed by atoms with Gasteiger partial charge in [-0.1, -0.05) is 0 Å². The fraction of sp³-hybridized carbons (Fsp3) is 0.538. The average molecular weight is 312 g/mol. The molecular weight excluding hydrogens is 292 g/mol. The third-order valence-corrected chi connectivity index (χ3v) is 4.55. The predicted molar refractivity (Wildman–Crippen MR) is 86.7 cm³/mol. The van der Waals surface area contributed by atoms with E-state index >= 15 is 0 Å². The number of hydrogen-bond donors (Lipinski definition) is 1. The molecule has 0 fully saturated rings. The van der Waals surface area contributed by atoms with Gasteiger partial charge in [0, 0.05) is 19.0 Å². The van der Waals surface area contributed by atoms with Gasteiger partial charge in [-0.25, -0.2) is 4.98 Å². The van der Waals surface area contributed by atoms with Crippen LogP contribution < -0.4 is 10.6 Å². The Labute approximate surface area is 127 Å². The molecule has 0 saturated heterocycles. The highest BCUT2D eigenvalue weighted by Crippen LogP contribution is 2.38. The number of thiazole rings is 1. The first-order chi connectivity index (χ1) is 9.49. The van der Waals surface area contributed by atoms with E-state index in [1.54, 1.807) is 11.3 Å². The minimum Gasteiger partial charge on any atom is -0.382 e. The average Bonchev–Trinajstić information content (AvgIpc) is 2.94. The van der Waals surface area contributed by atoms with Gasteiger partial charge in [0.2, 0.25) is 0 Å². The number of nitrogen functional groups attached to an aromatic ring is 1. The largest absolute Gasteiger partial charge is 0.382 e. The molecule has 0 aliphatic carbocycles. The molecule has 2 rings (SSSR count). The highest BCUT2D eigenvalue weighted by atomic mass is 32.1. The molecular formula is C13H20N4OS2. The summed E-state index contributed by atoms with van der Waals surface area (Å²) in [4.78, 5) is 6.64. The van der Waals surface area contributed by atoms with Crippen LogP contribution in [0.5, 0.6) is 0 Å². The van der Waals surface area contributed by atoms with Crippen LogP contribution in [0.3, 0.4) is 0 Å². The Hall–Kier alpha value is -1.18. The van der Waals surface area contributed by atoms with Crippen LogP contribution in [0.2, 0.25) is 0 Å². The van der Waals surface area contributed by atoms with Crippen LogP contribution in [0.25, 0.3) is 11.3 Å². The van der Waals surface area contributed by atoms with Crippen LogP contribution in [-0.4, -0.2) is 35.7 Å². The normalized spacial score (nSPS) is 11.2. The molecule has 2 aromatic heterocycles. The summed E-state index contributed by atoms with van der Waals surface area (Å²) in [7, 11) is 2.03. The lowest BCUT2D eigenvalue weighted by Crippen LogP contribution is -2.23. The van der Waals surface area contributed by atoms with E-state index in [9.17, 15) is 0 Å². The molecule has 0 bridgehead atoms. The third-order valence-electron chi connectivity index (χ3n) is 2.80. The molecule has 0 aliphatic rings. The lowest BCUT2D eigenvalue weighted by Gasteiger charge is -2.19. The van der Waals surface area contributed by atoms with E-state index in [1.807, 2.05) is 33.2 Å². The Morgan fingerprint density at radius 1 is 1.45 bits per heavy atom. The standard InChI is InChI=1S/C13H20N4OS2/c1-8(2)18-6-5-17(4)13-11(12(14)16-20-13)10-7-19-9(3)15-10/h7-8H,5-6H2,1-4H3,(H2,14,16). The van der Waals surface area contributed by atoms with Crippen LogP contribution >= 0.6 is 22.9 Å². The molecule has 0 aromatic carbocycles. The number of hydrogen-bond acceptors (Lipinski definition) is 7. The van der Waals surface area contributed by atoms with Gasteiger partial charge in [0.05, 0.1) is 29.0 Å². The Bertz CT molecular complexity index is 564. The first-order valence-corrected chi connectivity index (χ1v) is 8.14. The molecule has 0 radical (unpaired) electrons. The Morgan fingerprint density at radius 3 is 2.80 bits per heavy atom. The van der Waals surface area contributed by atoms with Crippen LogP contribution in [-0.2, 0) is 4.74 Å². The molecule has 0 aliphatic heterocycles. The summed E-state index contributed by atoms with van der Waals surface area (Å²) in [6.45, 7) is 7.55. The molecule has 2 N–H and O–H groups in total. The maximum atomic E-state index is 6.00. The second-order valence-electron chi connectivity index (χ2n) is 4.84. The quantitative estimate of drug-likeness (QED) is 0.888. The van der Waals surface area contributed by atoms with Gasteiger partial charge in [-0.05, 0) is 32.3 Å². The van der Waals surface area contributed by atoms with Gasteiger partial charge in [0.1, 0.15) is 10.8 Å². The fourth-order valence-corrected chi connectivity index (χ4v) is 3.21. The van der Waals surface area contributed by atoms with Crippen molar-refractivity contribution in [3.63, 3.8) is 0 Å². The van der Waals surface area contributed by atoms with Crippen molar-refractivity contribution in [1.29, 1.82) is 0 Å². The van der Waals surface area contributed by atoms with E-state index in [0.29, 0.717) is 12.4 Å². The van der Waals surface area contributed by atoms with Gasteiger partial charge >= 0.3 is 0 Å². The highest BCUT2D eigenvalue weighted by Gasteiger charge is 2.19. The molecule has 0 saturated carbocycles. The first-order valence-electron chi connectivity index (χ1n) is 6.49. The zero-order chi connectivity index (χ0) is 14.7. The summed E-state index contributed by atoms with van der Waals surface area (Å²) in [5.41, 5.74) is 7.85. The van der Waals surface area contributed by atoms with Gasteiger partial charge in [-0.3, -0.25) is 0 Å². The minimum absolute atomic E-state index is 0.246. The number of aryl methyl sites for hydroxylation is 1. The first kappa shape index (κ1) is 15.2. The summed E-state index contributed by atoms with van der Waals surface area (Å²) in [5, 5.41) is 4.10. The van der Waals surface area contributed by atoms with Gasteiger partial charge in [0.25, 0.3) is 0 Å². The molecule has 7 heteroatoms. The van der Waals surface area contributed by atoms with E-state index in [2.05, 4.69) is 14.3 Å². The minimum atomic E-state index is 0.246. The lowest BCUT2D eigenvalue weighted by atomic mass is 10.2. The molecule has 20 heavy (non-hydrogen) atoms. The Balaban J connectivity index is 2.16. The molecule has 2 heterocycles. The second kappa shape index (κ2) is 6.51. The highest BCUT2D eigenvalue weighted by molar-refractivity contribution is 7.11. The number of likely N-dealkylation sites (N-methyl/N-ethyl adjacent to an activating group) is 1. The summed E-state index contributed by atoms with van der Waals surface area (Å²) >= 11 is 3.03. The zero-order valence-electron chi connectivity index (χ0n) is 12.2. The molecule has 0 spiro atoms. The van der Waals surface area contributed by atoms with Crippen molar-refractivity contribution < 1.29 is 4.74 Å². The Kier molecular flexibility index (Phi) is 4.95. The van der Waals surface area contributed by atoms with Gasteiger partial charge < -0.3 is 15.4 Å². The molecule has 0 atom stereocenters. The molecule has 2 aromatic rings. The van der Waals surface area contributed by atoms with E-state index in [0.717, 1.165) is 27.8 Å². The fourth-order valence-electron chi connectivity index (χ4n) is 1.80. The van der Waals surface area contributed by atoms with Crippen LogP contribution in [0.1, 0.15) is 18.9 Å². The van der Waals surface area contributed by atoms with E-state index in [-0.39, 0.29) is 6.10 Å². The topological polar surface area (TPSA) is 64.3 Å². The number of anilines is 2. The van der Waals surface area contributed by atoms with Crippen molar-refractivity contribution in [3.05, 3.63) is 10.4 Å². The molecule has 5 nitrogen and oxygen atoms in total. The second-order valence-corrected chi connectivity index (χ2v) is 6.65. The molecule has 0 amide bonds. The molecule has 0 unspecified atom stereocenters. The number of nitrogens with two attached hydrogens (primary N) is 1. The number of nitrogens with zero attached hydrogens (tertiary/aromatic N) is 3. The zero-order valence-corrected chi connectivity index (χ0v) is 13.8. The summed E-state index contributed by atoms with van der Waals surface area (Å²) in [5.74, 6) is 0.548. The number of aromatic nitrogens is 2. The van der Waals surface area contributed by atoms with Crippen molar-refractivity contribution in [1.82, 2.24) is 9.36 Å². The summed E-state index contributed by atoms with van der Waals surface area (Å²) in [6.07, 6.45) is 0.246. The maximum absolute atomic E-state index is 6.00. The van der Waals surface area contributed by atoms with Crippen molar-refractivity contribution >= 4 is 33.7 Å². The lowest BCUT2D eigenvalue weighted by molar-refractivity contribution is 0.0846. The monoisotopic (exact) mass is 312 g/mol. The van der Waals surface area contributed by atoms with E-state index in [1.165, 1.54) is 11.5 Å². The van der Waals surface area contributed by atoms with Crippen LogP contribution in [0, 0.1) is 6.92 Å². The van der Waals surface area contributed by atoms with Gasteiger partial charge in [0.15, 0.2) is 0 Å². The summed E-state index contributed by atoms with van der Waals surface area (Å²) in [6, 6.07) is 0. The number of rotatable bonds is 6. The van der Waals surface area contributed by atoms with Crippen molar-refractivity contribution in [3.8, 4) is 11.3 Å². The third kappa shape index (κ3) is 3.47. The molecule has 110 valence electrons. The maximum Gasteiger partial charge on any atom is 0.148 e. The van der Waals surface area contributed by atoms with Crippen molar-refractivity contribution in [2.24, 2.45) is 0 Å². The van der Waals surface area contributed by atoms with Gasteiger partial charge in [-0.2, -0.15) is 4.37 Å². The van der Waals surface area contributed by atoms with Crippen molar-refractivity contribution in [2.45, 2.75) is 26.9 Å². The van der Waals surface area contributed by atoms with Crippen molar-refractivity contribution in [2.75, 3.05) is 30.8 Å².